The Kier molecular flexibility index (Phi) is 4.56. The fraction of sp³-hybridized carbons (Fsp3) is 0.176. The van der Waals surface area contributed by atoms with Gasteiger partial charge in [-0.2, -0.15) is 0 Å². The predicted octanol–water partition coefficient (Wildman–Crippen LogP) is 4.45. The largest absolute Gasteiger partial charge is 0.272 e. The number of carbonyl (C=O) groups excluding carboxylic acids is 2. The second-order valence-corrected chi connectivity index (χ2v) is 7.92. The Morgan fingerprint density at radius 3 is 2.46 bits per heavy atom. The van der Waals surface area contributed by atoms with Crippen LogP contribution in [0.2, 0.25) is 0 Å². The van der Waals surface area contributed by atoms with Gasteiger partial charge in [0, 0.05) is 16.2 Å². The summed E-state index contributed by atoms with van der Waals surface area (Å²) in [6.45, 7) is 3.81. The van der Waals surface area contributed by atoms with Gasteiger partial charge in [0.2, 0.25) is 0 Å². The fourth-order valence-electron chi connectivity index (χ4n) is 2.37. The standard InChI is InChI=1S/C17H13F2NO2S2/c1-9(2)24-15-14(13-4-3-7-23-13)16(21)20(17(15)22)12-6-5-10(18)8-11(12)19/h3-9H,1-2H3. The molecule has 0 N–H and O–H groups in total. The Bertz CT molecular complexity index is 844. The summed E-state index contributed by atoms with van der Waals surface area (Å²) in [6, 6.07) is 6.32. The number of halogens is 2. The predicted molar refractivity (Wildman–Crippen MR) is 92.8 cm³/mol. The van der Waals surface area contributed by atoms with Gasteiger partial charge in [0.1, 0.15) is 11.6 Å². The molecule has 0 aliphatic carbocycles. The first kappa shape index (κ1) is 16.9. The number of amides is 2. The number of imide groups is 1. The van der Waals surface area contributed by atoms with Gasteiger partial charge in [0.05, 0.1) is 16.2 Å². The molecule has 1 aromatic carbocycles. The lowest BCUT2D eigenvalue weighted by Gasteiger charge is -2.16. The number of carbonyl (C=O) groups is 2. The first-order chi connectivity index (χ1) is 11.4. The highest BCUT2D eigenvalue weighted by atomic mass is 32.2. The molecule has 2 amide bonds. The van der Waals surface area contributed by atoms with Crippen molar-refractivity contribution in [2.24, 2.45) is 0 Å². The van der Waals surface area contributed by atoms with Crippen LogP contribution >= 0.6 is 23.1 Å². The summed E-state index contributed by atoms with van der Waals surface area (Å²) in [5.74, 6) is -2.87. The van der Waals surface area contributed by atoms with Crippen molar-refractivity contribution in [1.82, 2.24) is 0 Å². The Balaban J connectivity index is 2.11. The SMILES string of the molecule is CC(C)SC1=C(c2cccs2)C(=O)N(c2ccc(F)cc2F)C1=O. The van der Waals surface area contributed by atoms with E-state index in [1.807, 2.05) is 13.8 Å². The van der Waals surface area contributed by atoms with Crippen LogP contribution in [0.1, 0.15) is 18.7 Å². The molecule has 0 saturated heterocycles. The summed E-state index contributed by atoms with van der Waals surface area (Å²) in [6.07, 6.45) is 0. The van der Waals surface area contributed by atoms with Crippen molar-refractivity contribution in [3.05, 3.63) is 57.1 Å². The molecule has 1 aliphatic rings. The molecule has 1 aromatic heterocycles. The highest BCUT2D eigenvalue weighted by molar-refractivity contribution is 8.04. The molecule has 0 atom stereocenters. The summed E-state index contributed by atoms with van der Waals surface area (Å²) < 4.78 is 27.2. The Labute approximate surface area is 146 Å². The topological polar surface area (TPSA) is 37.4 Å². The molecule has 0 saturated carbocycles. The number of anilines is 1. The van der Waals surface area contributed by atoms with Crippen LogP contribution < -0.4 is 4.90 Å². The number of benzene rings is 1. The van der Waals surface area contributed by atoms with Gasteiger partial charge in [-0.25, -0.2) is 13.7 Å². The second-order valence-electron chi connectivity index (χ2n) is 5.39. The zero-order chi connectivity index (χ0) is 17.4. The van der Waals surface area contributed by atoms with Crippen LogP contribution in [0.5, 0.6) is 0 Å². The number of hydrogen-bond acceptors (Lipinski definition) is 4. The molecular weight excluding hydrogens is 352 g/mol. The minimum Gasteiger partial charge on any atom is -0.268 e. The molecule has 7 heteroatoms. The third kappa shape index (κ3) is 2.89. The van der Waals surface area contributed by atoms with E-state index >= 15 is 0 Å². The Morgan fingerprint density at radius 1 is 1.12 bits per heavy atom. The molecule has 2 aromatic rings. The number of thioether (sulfide) groups is 1. The van der Waals surface area contributed by atoms with Crippen molar-refractivity contribution >= 4 is 46.2 Å². The number of rotatable bonds is 4. The maximum absolute atomic E-state index is 14.1. The molecule has 2 heterocycles. The molecule has 124 valence electrons. The van der Waals surface area contributed by atoms with Gasteiger partial charge in [0.25, 0.3) is 11.8 Å². The highest BCUT2D eigenvalue weighted by Gasteiger charge is 2.41. The molecule has 3 nitrogen and oxygen atoms in total. The number of nitrogens with zero attached hydrogens (tertiary/aromatic N) is 1. The van der Waals surface area contributed by atoms with Gasteiger partial charge in [-0.3, -0.25) is 9.59 Å². The monoisotopic (exact) mass is 365 g/mol. The molecule has 0 bridgehead atoms. The number of thiophene rings is 1. The van der Waals surface area contributed by atoms with E-state index in [-0.39, 0.29) is 16.5 Å². The third-order valence-corrected chi connectivity index (χ3v) is 5.29. The van der Waals surface area contributed by atoms with Crippen molar-refractivity contribution in [3.8, 4) is 0 Å². The van der Waals surface area contributed by atoms with Crippen LogP contribution in [0.4, 0.5) is 14.5 Å². The first-order valence-electron chi connectivity index (χ1n) is 7.18. The maximum Gasteiger partial charge on any atom is 0.272 e. The van der Waals surface area contributed by atoms with Crippen LogP contribution in [0, 0.1) is 11.6 Å². The van der Waals surface area contributed by atoms with E-state index in [2.05, 4.69) is 0 Å². The van der Waals surface area contributed by atoms with Crippen molar-refractivity contribution in [1.29, 1.82) is 0 Å². The molecule has 1 aliphatic heterocycles. The lowest BCUT2D eigenvalue weighted by molar-refractivity contribution is -0.119. The van der Waals surface area contributed by atoms with Crippen molar-refractivity contribution in [2.45, 2.75) is 19.1 Å². The maximum atomic E-state index is 14.1. The van der Waals surface area contributed by atoms with E-state index < -0.39 is 23.4 Å². The molecule has 0 unspecified atom stereocenters. The third-order valence-electron chi connectivity index (χ3n) is 3.31. The van der Waals surface area contributed by atoms with Crippen LogP contribution in [0.15, 0.2) is 40.6 Å². The normalized spacial score (nSPS) is 15.1. The minimum absolute atomic E-state index is 0.0738. The van der Waals surface area contributed by atoms with Gasteiger partial charge in [0.15, 0.2) is 0 Å². The highest BCUT2D eigenvalue weighted by Crippen LogP contribution is 2.41. The van der Waals surface area contributed by atoms with Gasteiger partial charge in [-0.1, -0.05) is 19.9 Å². The molecule has 0 radical (unpaired) electrons. The quantitative estimate of drug-likeness (QED) is 0.751. The molecular formula is C17H13F2NO2S2. The van der Waals surface area contributed by atoms with E-state index in [1.54, 1.807) is 17.5 Å². The fourth-order valence-corrected chi connectivity index (χ4v) is 4.19. The second kappa shape index (κ2) is 6.49. The lowest BCUT2D eigenvalue weighted by Crippen LogP contribution is -2.32. The summed E-state index contributed by atoms with van der Waals surface area (Å²) in [7, 11) is 0. The zero-order valence-electron chi connectivity index (χ0n) is 12.9. The van der Waals surface area contributed by atoms with E-state index in [0.717, 1.165) is 17.0 Å². The molecule has 3 rings (SSSR count). The summed E-state index contributed by atoms with van der Waals surface area (Å²) in [5.41, 5.74) is 0.0391. The van der Waals surface area contributed by atoms with Crippen LogP contribution in [0.3, 0.4) is 0 Å². The first-order valence-corrected chi connectivity index (χ1v) is 8.94. The van der Waals surface area contributed by atoms with E-state index in [9.17, 15) is 18.4 Å². The van der Waals surface area contributed by atoms with Crippen molar-refractivity contribution in [3.63, 3.8) is 0 Å². The van der Waals surface area contributed by atoms with Gasteiger partial charge < -0.3 is 0 Å². The molecule has 24 heavy (non-hydrogen) atoms. The molecule has 0 spiro atoms. The van der Waals surface area contributed by atoms with Crippen molar-refractivity contribution < 1.29 is 18.4 Å². The van der Waals surface area contributed by atoms with E-state index in [0.29, 0.717) is 15.8 Å². The van der Waals surface area contributed by atoms with Gasteiger partial charge >= 0.3 is 0 Å². The average Bonchev–Trinajstić information content (AvgIpc) is 3.09. The van der Waals surface area contributed by atoms with Crippen LogP contribution in [-0.2, 0) is 9.59 Å². The lowest BCUT2D eigenvalue weighted by atomic mass is 10.2. The van der Waals surface area contributed by atoms with E-state index in [1.165, 1.54) is 23.1 Å². The molecule has 0 fully saturated rings. The van der Waals surface area contributed by atoms with Gasteiger partial charge in [-0.15, -0.1) is 23.1 Å². The summed E-state index contributed by atoms with van der Waals surface area (Å²) in [5, 5.41) is 1.88. The average molecular weight is 365 g/mol. The Morgan fingerprint density at radius 2 is 1.88 bits per heavy atom. The van der Waals surface area contributed by atoms with Crippen LogP contribution in [0.25, 0.3) is 5.57 Å². The number of hydrogen-bond donors (Lipinski definition) is 0. The van der Waals surface area contributed by atoms with E-state index in [4.69, 9.17) is 0 Å². The van der Waals surface area contributed by atoms with Gasteiger partial charge in [-0.05, 0) is 23.6 Å². The van der Waals surface area contributed by atoms with Crippen LogP contribution in [-0.4, -0.2) is 17.1 Å². The summed E-state index contributed by atoms with van der Waals surface area (Å²) >= 11 is 2.60. The minimum atomic E-state index is -0.946. The van der Waals surface area contributed by atoms with Crippen molar-refractivity contribution in [2.75, 3.05) is 4.90 Å². The Hall–Kier alpha value is -1.99. The smallest absolute Gasteiger partial charge is 0.268 e. The zero-order valence-corrected chi connectivity index (χ0v) is 14.5. The summed E-state index contributed by atoms with van der Waals surface area (Å²) in [4.78, 5) is 27.3.